The molecular formula is C22H20N2O6S2. The zero-order valence-electron chi connectivity index (χ0n) is 17.2. The van der Waals surface area contributed by atoms with E-state index in [0.29, 0.717) is 8.61 Å². The molecule has 0 atom stereocenters. The summed E-state index contributed by atoms with van der Waals surface area (Å²) in [6.07, 6.45) is 0. The monoisotopic (exact) mass is 472 g/mol. The van der Waals surface area contributed by atoms with Gasteiger partial charge in [0.2, 0.25) is 11.8 Å². The molecule has 32 heavy (non-hydrogen) atoms. The van der Waals surface area contributed by atoms with E-state index >= 15 is 0 Å². The van der Waals surface area contributed by atoms with Crippen molar-refractivity contribution in [3.05, 3.63) is 84.9 Å². The average molecular weight is 473 g/mol. The molecule has 0 bridgehead atoms. The van der Waals surface area contributed by atoms with Gasteiger partial charge in [-0.15, -0.1) is 0 Å². The van der Waals surface area contributed by atoms with Crippen LogP contribution in [0, 0.1) is 0 Å². The van der Waals surface area contributed by atoms with Crippen molar-refractivity contribution in [2.75, 3.05) is 8.61 Å². The van der Waals surface area contributed by atoms with Crippen LogP contribution in [0.3, 0.4) is 0 Å². The van der Waals surface area contributed by atoms with Crippen molar-refractivity contribution in [3.8, 4) is 0 Å². The Bertz CT molecular complexity index is 1250. The van der Waals surface area contributed by atoms with Gasteiger partial charge in [0, 0.05) is 13.8 Å². The Morgan fingerprint density at radius 2 is 0.812 bits per heavy atom. The minimum atomic E-state index is -4.39. The molecule has 0 aliphatic heterocycles. The summed E-state index contributed by atoms with van der Waals surface area (Å²) in [5.74, 6) is -1.75. The van der Waals surface area contributed by atoms with Crippen molar-refractivity contribution < 1.29 is 26.4 Å². The number of nitrogens with zero attached hydrogens (tertiary/aromatic N) is 2. The number of benzene rings is 3. The number of rotatable bonds is 6. The number of carbonyl (C=O) groups is 2. The van der Waals surface area contributed by atoms with Gasteiger partial charge in [0.05, 0.1) is 21.2 Å². The minimum absolute atomic E-state index is 0.162. The Morgan fingerprint density at radius 3 is 1.09 bits per heavy atom. The topological polar surface area (TPSA) is 109 Å². The van der Waals surface area contributed by atoms with Crippen LogP contribution in [0.1, 0.15) is 13.8 Å². The maximum atomic E-state index is 13.3. The van der Waals surface area contributed by atoms with Crippen LogP contribution in [0.5, 0.6) is 0 Å². The quantitative estimate of drug-likeness (QED) is 0.545. The maximum absolute atomic E-state index is 13.3. The minimum Gasteiger partial charge on any atom is -0.274 e. The Hall–Kier alpha value is -3.50. The van der Waals surface area contributed by atoms with E-state index in [1.165, 1.54) is 72.8 Å². The van der Waals surface area contributed by atoms with Crippen LogP contribution in [-0.2, 0) is 29.6 Å². The molecule has 0 radical (unpaired) electrons. The fourth-order valence-corrected chi connectivity index (χ4v) is 6.07. The smallest absolute Gasteiger partial charge is 0.270 e. The molecule has 166 valence electrons. The maximum Gasteiger partial charge on any atom is 0.270 e. The Kier molecular flexibility index (Phi) is 6.47. The van der Waals surface area contributed by atoms with Crippen LogP contribution in [0.15, 0.2) is 94.7 Å². The largest absolute Gasteiger partial charge is 0.274 e. The summed E-state index contributed by atoms with van der Waals surface area (Å²) in [5, 5.41) is 0. The van der Waals surface area contributed by atoms with Gasteiger partial charge in [-0.3, -0.25) is 9.59 Å². The fraction of sp³-hybridized carbons (Fsp3) is 0.0909. The molecule has 3 aromatic carbocycles. The van der Waals surface area contributed by atoms with E-state index in [1.54, 1.807) is 12.1 Å². The normalized spacial score (nSPS) is 11.6. The Labute approximate surface area is 186 Å². The van der Waals surface area contributed by atoms with Gasteiger partial charge in [-0.25, -0.2) is 25.4 Å². The molecule has 0 aromatic heterocycles. The van der Waals surface area contributed by atoms with Gasteiger partial charge in [0.1, 0.15) is 0 Å². The molecule has 3 rings (SSSR count). The number of carbonyl (C=O) groups excluding carboxylic acids is 2. The second-order valence-corrected chi connectivity index (χ2v) is 10.3. The summed E-state index contributed by atoms with van der Waals surface area (Å²) in [6, 6.07) is 19.9. The summed E-state index contributed by atoms with van der Waals surface area (Å²) >= 11 is 0. The number of hydrogen-bond acceptors (Lipinski definition) is 6. The molecule has 0 fully saturated rings. The van der Waals surface area contributed by atoms with Crippen LogP contribution in [0.25, 0.3) is 0 Å². The van der Waals surface area contributed by atoms with E-state index in [2.05, 4.69) is 0 Å². The van der Waals surface area contributed by atoms with Gasteiger partial charge < -0.3 is 0 Å². The van der Waals surface area contributed by atoms with E-state index in [-0.39, 0.29) is 21.2 Å². The molecule has 0 saturated carbocycles. The molecule has 10 heteroatoms. The lowest BCUT2D eigenvalue weighted by atomic mass is 10.2. The zero-order chi connectivity index (χ0) is 23.5. The summed E-state index contributed by atoms with van der Waals surface area (Å²) in [6.45, 7) is 2.09. The van der Waals surface area contributed by atoms with Crippen molar-refractivity contribution in [3.63, 3.8) is 0 Å². The molecule has 2 amide bonds. The summed E-state index contributed by atoms with van der Waals surface area (Å²) in [4.78, 5) is 24.7. The molecule has 0 aliphatic rings. The van der Waals surface area contributed by atoms with Crippen LogP contribution < -0.4 is 8.61 Å². The summed E-state index contributed by atoms with van der Waals surface area (Å²) < 4.78 is 54.2. The summed E-state index contributed by atoms with van der Waals surface area (Å²) in [5.41, 5.74) is -0.530. The van der Waals surface area contributed by atoms with Gasteiger partial charge in [0.15, 0.2) is 0 Å². The first-order valence-electron chi connectivity index (χ1n) is 9.39. The van der Waals surface area contributed by atoms with Crippen molar-refractivity contribution >= 4 is 43.2 Å². The van der Waals surface area contributed by atoms with Gasteiger partial charge >= 0.3 is 0 Å². The van der Waals surface area contributed by atoms with E-state index in [1.807, 2.05) is 0 Å². The van der Waals surface area contributed by atoms with Crippen molar-refractivity contribution in [2.45, 2.75) is 23.6 Å². The predicted molar refractivity (Wildman–Crippen MR) is 120 cm³/mol. The van der Waals surface area contributed by atoms with Gasteiger partial charge in [0.25, 0.3) is 20.0 Å². The number of sulfonamides is 2. The SMILES string of the molecule is CC(=O)N(c1ccccc1N(C(C)=O)S(=O)(=O)c1ccccc1)S(=O)(=O)c1ccccc1. The van der Waals surface area contributed by atoms with Crippen LogP contribution in [0.2, 0.25) is 0 Å². The van der Waals surface area contributed by atoms with Crippen molar-refractivity contribution in [1.29, 1.82) is 0 Å². The van der Waals surface area contributed by atoms with E-state index in [9.17, 15) is 26.4 Å². The number of hydrogen-bond donors (Lipinski definition) is 0. The molecular weight excluding hydrogens is 452 g/mol. The summed E-state index contributed by atoms with van der Waals surface area (Å²) in [7, 11) is -8.79. The van der Waals surface area contributed by atoms with E-state index in [0.717, 1.165) is 13.8 Å². The fourth-order valence-electron chi connectivity index (χ4n) is 3.14. The van der Waals surface area contributed by atoms with Gasteiger partial charge in [-0.05, 0) is 36.4 Å². The molecule has 0 N–H and O–H groups in total. The molecule has 8 nitrogen and oxygen atoms in total. The molecule has 0 unspecified atom stereocenters. The first-order chi connectivity index (χ1) is 15.1. The number of anilines is 2. The number of para-hydroxylation sites is 2. The standard InChI is InChI=1S/C22H20N2O6S2/c1-17(25)23(31(27,28)19-11-5-3-6-12-19)21-15-9-10-16-22(21)24(18(2)26)32(29,30)20-13-7-4-8-14-20/h3-16H,1-2H3. The van der Waals surface area contributed by atoms with Crippen LogP contribution >= 0.6 is 0 Å². The molecule has 0 heterocycles. The molecule has 0 saturated heterocycles. The first kappa shape index (κ1) is 23.2. The third kappa shape index (κ3) is 4.27. The highest BCUT2D eigenvalue weighted by Crippen LogP contribution is 2.36. The average Bonchev–Trinajstić information content (AvgIpc) is 2.75. The first-order valence-corrected chi connectivity index (χ1v) is 12.3. The second-order valence-electron chi connectivity index (χ2n) is 6.69. The third-order valence-electron chi connectivity index (χ3n) is 4.45. The predicted octanol–water partition coefficient (Wildman–Crippen LogP) is 3.17. The molecule has 0 aliphatic carbocycles. The highest BCUT2D eigenvalue weighted by atomic mass is 32.2. The number of amides is 2. The Balaban J connectivity index is 2.27. The highest BCUT2D eigenvalue weighted by Gasteiger charge is 2.36. The van der Waals surface area contributed by atoms with E-state index < -0.39 is 31.9 Å². The van der Waals surface area contributed by atoms with Crippen molar-refractivity contribution in [2.24, 2.45) is 0 Å². The van der Waals surface area contributed by atoms with Gasteiger partial charge in [-0.1, -0.05) is 48.5 Å². The highest BCUT2D eigenvalue weighted by molar-refractivity contribution is 7.94. The molecule has 3 aromatic rings. The lowest BCUT2D eigenvalue weighted by Crippen LogP contribution is -2.40. The van der Waals surface area contributed by atoms with E-state index in [4.69, 9.17) is 0 Å². The van der Waals surface area contributed by atoms with Crippen LogP contribution in [-0.4, -0.2) is 28.6 Å². The second kappa shape index (κ2) is 8.93. The lowest BCUT2D eigenvalue weighted by molar-refractivity contribution is -0.116. The lowest BCUT2D eigenvalue weighted by Gasteiger charge is -2.28. The van der Waals surface area contributed by atoms with Gasteiger partial charge in [-0.2, -0.15) is 0 Å². The third-order valence-corrected chi connectivity index (χ3v) is 8.06. The Morgan fingerprint density at radius 1 is 0.531 bits per heavy atom. The van der Waals surface area contributed by atoms with Crippen molar-refractivity contribution in [1.82, 2.24) is 0 Å². The zero-order valence-corrected chi connectivity index (χ0v) is 18.9. The molecule has 0 spiro atoms. The van der Waals surface area contributed by atoms with Crippen LogP contribution in [0.4, 0.5) is 11.4 Å².